The fraction of sp³-hybridized carbons (Fsp3) is 0.632. The number of nitrogens with one attached hydrogen (secondary N) is 2. The van der Waals surface area contributed by atoms with E-state index in [9.17, 15) is 0 Å². The van der Waals surface area contributed by atoms with E-state index in [2.05, 4.69) is 15.6 Å². The molecule has 5 nitrogen and oxygen atoms in total. The Morgan fingerprint density at radius 1 is 1.28 bits per heavy atom. The second kappa shape index (κ2) is 9.88. The summed E-state index contributed by atoms with van der Waals surface area (Å²) in [5, 5.41) is 7.50. The summed E-state index contributed by atoms with van der Waals surface area (Å²) in [6, 6.07) is 7.41. The van der Waals surface area contributed by atoms with Crippen molar-refractivity contribution in [2.45, 2.75) is 38.7 Å². The van der Waals surface area contributed by atoms with Crippen LogP contribution in [0.2, 0.25) is 5.02 Å². The fourth-order valence-corrected chi connectivity index (χ4v) is 3.16. The van der Waals surface area contributed by atoms with Crippen molar-refractivity contribution < 1.29 is 9.47 Å². The number of methoxy groups -OCH3 is 1. The molecule has 6 heteroatoms. The molecule has 0 spiro atoms. The van der Waals surface area contributed by atoms with E-state index < -0.39 is 0 Å². The average molecular weight is 368 g/mol. The molecule has 1 saturated carbocycles. The quantitative estimate of drug-likeness (QED) is 0.518. The molecular weight excluding hydrogens is 338 g/mol. The Bertz CT molecular complexity index is 544. The van der Waals surface area contributed by atoms with Crippen molar-refractivity contribution in [3.05, 3.63) is 29.3 Å². The summed E-state index contributed by atoms with van der Waals surface area (Å²) in [6.45, 7) is 4.45. The van der Waals surface area contributed by atoms with Gasteiger partial charge in [-0.25, -0.2) is 0 Å². The minimum atomic E-state index is 0.0193. The molecule has 2 N–H and O–H groups in total. The van der Waals surface area contributed by atoms with Gasteiger partial charge in [-0.2, -0.15) is 0 Å². The molecule has 1 aliphatic carbocycles. The van der Waals surface area contributed by atoms with Crippen molar-refractivity contribution in [3.8, 4) is 5.75 Å². The molecule has 1 fully saturated rings. The first-order valence-corrected chi connectivity index (χ1v) is 9.30. The summed E-state index contributed by atoms with van der Waals surface area (Å²) in [7, 11) is 3.56. The van der Waals surface area contributed by atoms with Gasteiger partial charge >= 0.3 is 0 Å². The van der Waals surface area contributed by atoms with Crippen molar-refractivity contribution in [2.24, 2.45) is 10.4 Å². The maximum atomic E-state index is 5.89. The second-order valence-corrected chi connectivity index (χ2v) is 7.22. The topological polar surface area (TPSA) is 54.9 Å². The first-order chi connectivity index (χ1) is 12.1. The van der Waals surface area contributed by atoms with Gasteiger partial charge in [-0.1, -0.05) is 18.0 Å². The zero-order valence-electron chi connectivity index (χ0n) is 15.5. The zero-order chi connectivity index (χ0) is 18.1. The number of hydrogen-bond acceptors (Lipinski definition) is 3. The number of guanidine groups is 1. The van der Waals surface area contributed by atoms with Crippen LogP contribution in [0.15, 0.2) is 29.3 Å². The lowest BCUT2D eigenvalue weighted by molar-refractivity contribution is 0.0732. The predicted molar refractivity (Wildman–Crippen MR) is 104 cm³/mol. The smallest absolute Gasteiger partial charge is 0.191 e. The van der Waals surface area contributed by atoms with Crippen LogP contribution in [0.1, 0.15) is 32.6 Å². The lowest BCUT2D eigenvalue weighted by Gasteiger charge is -2.42. The molecule has 0 saturated heterocycles. The summed E-state index contributed by atoms with van der Waals surface area (Å²) >= 11 is 5.89. The van der Waals surface area contributed by atoms with Crippen LogP contribution < -0.4 is 15.4 Å². The Kier molecular flexibility index (Phi) is 7.85. The van der Waals surface area contributed by atoms with Crippen LogP contribution in [0, 0.1) is 5.41 Å². The zero-order valence-corrected chi connectivity index (χ0v) is 16.2. The van der Waals surface area contributed by atoms with E-state index in [0.29, 0.717) is 17.0 Å². The highest BCUT2D eigenvalue weighted by molar-refractivity contribution is 6.30. The number of rotatable bonds is 9. The Morgan fingerprint density at radius 2 is 2.00 bits per heavy atom. The third kappa shape index (κ3) is 6.40. The Labute approximate surface area is 156 Å². The van der Waals surface area contributed by atoms with Gasteiger partial charge in [0.1, 0.15) is 11.9 Å². The average Bonchev–Trinajstić information content (AvgIpc) is 2.58. The Hall–Kier alpha value is -1.46. The third-order valence-corrected chi connectivity index (χ3v) is 5.07. The maximum Gasteiger partial charge on any atom is 0.191 e. The first kappa shape index (κ1) is 19.9. The van der Waals surface area contributed by atoms with E-state index in [-0.39, 0.29) is 6.10 Å². The van der Waals surface area contributed by atoms with E-state index in [1.54, 1.807) is 14.2 Å². The molecule has 0 radical (unpaired) electrons. The van der Waals surface area contributed by atoms with Crippen LogP contribution in [-0.2, 0) is 4.74 Å². The fourth-order valence-electron chi connectivity index (χ4n) is 3.03. The molecule has 1 aromatic rings. The van der Waals surface area contributed by atoms with Crippen molar-refractivity contribution in [1.29, 1.82) is 0 Å². The van der Waals surface area contributed by atoms with Gasteiger partial charge in [0.2, 0.25) is 0 Å². The van der Waals surface area contributed by atoms with E-state index in [1.165, 1.54) is 19.3 Å². The minimum Gasteiger partial charge on any atom is -0.489 e. The third-order valence-electron chi connectivity index (χ3n) is 4.81. The van der Waals surface area contributed by atoms with Gasteiger partial charge < -0.3 is 20.1 Å². The van der Waals surface area contributed by atoms with Gasteiger partial charge in [-0.05, 0) is 55.9 Å². The van der Waals surface area contributed by atoms with Crippen LogP contribution in [0.5, 0.6) is 5.75 Å². The normalized spacial score (nSPS) is 17.5. The molecule has 0 aliphatic heterocycles. The summed E-state index contributed by atoms with van der Waals surface area (Å²) in [6.07, 6.45) is 4.95. The molecule has 1 unspecified atom stereocenters. The minimum absolute atomic E-state index is 0.0193. The SMILES string of the molecule is CN=C(NCC(C)Oc1ccc(Cl)cc1)NCC1(CCOC)CCC1. The summed E-state index contributed by atoms with van der Waals surface area (Å²) in [5.41, 5.74) is 0.360. The van der Waals surface area contributed by atoms with E-state index >= 15 is 0 Å². The first-order valence-electron chi connectivity index (χ1n) is 8.92. The predicted octanol–water partition coefficient (Wildman–Crippen LogP) is 3.48. The lowest BCUT2D eigenvalue weighted by atomic mass is 9.67. The van der Waals surface area contributed by atoms with Gasteiger partial charge in [0.15, 0.2) is 5.96 Å². The molecule has 1 atom stereocenters. The monoisotopic (exact) mass is 367 g/mol. The van der Waals surface area contributed by atoms with Gasteiger partial charge in [-0.15, -0.1) is 0 Å². The van der Waals surface area contributed by atoms with Crippen LogP contribution in [-0.4, -0.2) is 45.9 Å². The molecule has 0 amide bonds. The standard InChI is InChI=1S/C19H30ClN3O2/c1-15(25-17-7-5-16(20)6-8-17)13-22-18(21-2)23-14-19(9-4-10-19)11-12-24-3/h5-8,15H,4,9-14H2,1-3H3,(H2,21,22,23). The Morgan fingerprint density at radius 3 is 2.56 bits per heavy atom. The molecule has 0 heterocycles. The Balaban J connectivity index is 1.73. The van der Waals surface area contributed by atoms with Crippen LogP contribution in [0.3, 0.4) is 0 Å². The molecule has 2 rings (SSSR count). The highest BCUT2D eigenvalue weighted by Gasteiger charge is 2.36. The molecule has 0 aromatic heterocycles. The highest BCUT2D eigenvalue weighted by Crippen LogP contribution is 2.43. The number of nitrogens with zero attached hydrogens (tertiary/aromatic N) is 1. The number of benzene rings is 1. The van der Waals surface area contributed by atoms with Crippen molar-refractivity contribution in [3.63, 3.8) is 0 Å². The van der Waals surface area contributed by atoms with Crippen molar-refractivity contribution in [2.75, 3.05) is 33.9 Å². The van der Waals surface area contributed by atoms with Crippen LogP contribution in [0.4, 0.5) is 0 Å². The summed E-state index contributed by atoms with van der Waals surface area (Å²) < 4.78 is 11.1. The van der Waals surface area contributed by atoms with Crippen molar-refractivity contribution in [1.82, 2.24) is 10.6 Å². The van der Waals surface area contributed by atoms with E-state index in [0.717, 1.165) is 31.3 Å². The molecular formula is C19H30ClN3O2. The van der Waals surface area contributed by atoms with Gasteiger partial charge in [-0.3, -0.25) is 4.99 Å². The second-order valence-electron chi connectivity index (χ2n) is 6.79. The number of hydrogen-bond donors (Lipinski definition) is 2. The van der Waals surface area contributed by atoms with Crippen molar-refractivity contribution >= 4 is 17.6 Å². The molecule has 0 bridgehead atoms. The molecule has 1 aromatic carbocycles. The molecule has 1 aliphatic rings. The van der Waals surface area contributed by atoms with Gasteiger partial charge in [0, 0.05) is 32.3 Å². The van der Waals surface area contributed by atoms with Crippen LogP contribution in [0.25, 0.3) is 0 Å². The lowest BCUT2D eigenvalue weighted by Crippen LogP contribution is -2.48. The van der Waals surface area contributed by atoms with Gasteiger partial charge in [0.25, 0.3) is 0 Å². The highest BCUT2D eigenvalue weighted by atomic mass is 35.5. The molecule has 25 heavy (non-hydrogen) atoms. The molecule has 140 valence electrons. The summed E-state index contributed by atoms with van der Waals surface area (Å²) in [5.74, 6) is 1.63. The largest absolute Gasteiger partial charge is 0.489 e. The van der Waals surface area contributed by atoms with E-state index in [4.69, 9.17) is 21.1 Å². The number of ether oxygens (including phenoxy) is 2. The van der Waals surface area contributed by atoms with E-state index in [1.807, 2.05) is 31.2 Å². The number of halogens is 1. The van der Waals surface area contributed by atoms with Gasteiger partial charge in [0.05, 0.1) is 6.54 Å². The van der Waals surface area contributed by atoms with Crippen LogP contribution >= 0.6 is 11.6 Å². The number of aliphatic imine (C=N–C) groups is 1. The summed E-state index contributed by atoms with van der Waals surface area (Å²) in [4.78, 5) is 4.31. The maximum absolute atomic E-state index is 5.89.